The summed E-state index contributed by atoms with van der Waals surface area (Å²) >= 11 is 1.47. The summed E-state index contributed by atoms with van der Waals surface area (Å²) in [7, 11) is 8.31. The molecular weight excluding hydrogens is 434 g/mol. The van der Waals surface area contributed by atoms with Gasteiger partial charge in [0.1, 0.15) is 0 Å². The SMILES string of the molecule is CN(C(=O)C1(CC(=O)O)Cc2ccccc2C1)c1nc2cc(CCC[N+](C)(C)C)ccc2s1. The van der Waals surface area contributed by atoms with Gasteiger partial charge in [-0.15, -0.1) is 0 Å². The molecule has 0 bridgehead atoms. The quantitative estimate of drug-likeness (QED) is 0.506. The predicted molar refractivity (Wildman–Crippen MR) is 133 cm³/mol. The lowest BCUT2D eigenvalue weighted by atomic mass is 9.80. The van der Waals surface area contributed by atoms with Gasteiger partial charge in [0.05, 0.1) is 49.7 Å². The van der Waals surface area contributed by atoms with Crippen molar-refractivity contribution in [1.82, 2.24) is 4.98 Å². The van der Waals surface area contributed by atoms with Crippen LogP contribution in [-0.2, 0) is 28.9 Å². The van der Waals surface area contributed by atoms with Crippen molar-refractivity contribution >= 4 is 38.6 Å². The van der Waals surface area contributed by atoms with Crippen molar-refractivity contribution in [3.63, 3.8) is 0 Å². The number of aromatic nitrogens is 1. The van der Waals surface area contributed by atoms with E-state index in [0.29, 0.717) is 18.0 Å². The molecule has 0 saturated heterocycles. The number of fused-ring (bicyclic) bond motifs is 2. The van der Waals surface area contributed by atoms with Crippen LogP contribution in [-0.4, -0.2) is 61.2 Å². The highest BCUT2D eigenvalue weighted by atomic mass is 32.1. The number of hydrogen-bond acceptors (Lipinski definition) is 4. The maximum absolute atomic E-state index is 13.7. The molecule has 0 saturated carbocycles. The van der Waals surface area contributed by atoms with Crippen molar-refractivity contribution < 1.29 is 19.2 Å². The molecule has 7 heteroatoms. The van der Waals surface area contributed by atoms with Crippen LogP contribution in [0.25, 0.3) is 10.2 Å². The first-order chi connectivity index (χ1) is 15.6. The van der Waals surface area contributed by atoms with Gasteiger partial charge in [0.2, 0.25) is 5.91 Å². The number of aryl methyl sites for hydroxylation is 1. The van der Waals surface area contributed by atoms with Crippen LogP contribution in [0.2, 0.25) is 0 Å². The Kier molecular flexibility index (Phi) is 6.29. The number of anilines is 1. The number of aliphatic carboxylic acids is 1. The Bertz CT molecular complexity index is 1170. The molecule has 6 nitrogen and oxygen atoms in total. The first kappa shape index (κ1) is 23.4. The van der Waals surface area contributed by atoms with Gasteiger partial charge in [0.25, 0.3) is 0 Å². The number of nitrogens with zero attached hydrogens (tertiary/aromatic N) is 3. The van der Waals surface area contributed by atoms with Gasteiger partial charge < -0.3 is 9.59 Å². The number of hydrogen-bond donors (Lipinski definition) is 1. The Morgan fingerprint density at radius 2 is 1.79 bits per heavy atom. The van der Waals surface area contributed by atoms with E-state index >= 15 is 0 Å². The third kappa shape index (κ3) is 5.09. The maximum Gasteiger partial charge on any atom is 0.304 e. The van der Waals surface area contributed by atoms with Crippen LogP contribution in [0.15, 0.2) is 42.5 Å². The van der Waals surface area contributed by atoms with Crippen molar-refractivity contribution in [2.45, 2.75) is 32.1 Å². The summed E-state index contributed by atoms with van der Waals surface area (Å²) < 4.78 is 1.97. The molecule has 0 fully saturated rings. The second-order valence-corrected chi connectivity index (χ2v) is 11.3. The summed E-state index contributed by atoms with van der Waals surface area (Å²) in [6.45, 7) is 1.10. The van der Waals surface area contributed by atoms with E-state index < -0.39 is 11.4 Å². The molecule has 4 rings (SSSR count). The number of amides is 1. The zero-order valence-corrected chi connectivity index (χ0v) is 20.6. The zero-order chi connectivity index (χ0) is 23.8. The van der Waals surface area contributed by atoms with Gasteiger partial charge in [-0.05, 0) is 48.1 Å². The van der Waals surface area contributed by atoms with E-state index in [0.717, 1.165) is 45.2 Å². The predicted octanol–water partition coefficient (Wildman–Crippen LogP) is 4.16. The molecule has 1 N–H and O–H groups in total. The Balaban J connectivity index is 1.56. The average molecular weight is 467 g/mol. The number of quaternary nitrogens is 1. The van der Waals surface area contributed by atoms with Gasteiger partial charge in [0, 0.05) is 13.5 Å². The molecule has 174 valence electrons. The number of thiazole rings is 1. The van der Waals surface area contributed by atoms with Crippen molar-refractivity contribution in [2.75, 3.05) is 39.6 Å². The number of benzene rings is 2. The minimum atomic E-state index is -0.974. The monoisotopic (exact) mass is 466 g/mol. The fourth-order valence-corrected chi connectivity index (χ4v) is 5.70. The lowest BCUT2D eigenvalue weighted by Crippen LogP contribution is -2.44. The Morgan fingerprint density at radius 1 is 1.12 bits per heavy atom. The van der Waals surface area contributed by atoms with Gasteiger partial charge >= 0.3 is 5.97 Å². The Morgan fingerprint density at radius 3 is 2.39 bits per heavy atom. The number of rotatable bonds is 8. The fraction of sp³-hybridized carbons (Fsp3) is 0.423. The summed E-state index contributed by atoms with van der Waals surface area (Å²) in [5.41, 5.74) is 3.28. The zero-order valence-electron chi connectivity index (χ0n) is 19.8. The van der Waals surface area contributed by atoms with Crippen molar-refractivity contribution in [2.24, 2.45) is 5.41 Å². The molecular formula is C26H32N3O3S+. The van der Waals surface area contributed by atoms with Crippen molar-refractivity contribution in [1.29, 1.82) is 0 Å². The smallest absolute Gasteiger partial charge is 0.304 e. The van der Waals surface area contributed by atoms with E-state index in [-0.39, 0.29) is 12.3 Å². The van der Waals surface area contributed by atoms with Crippen LogP contribution in [0, 0.1) is 5.41 Å². The van der Waals surface area contributed by atoms with Crippen LogP contribution >= 0.6 is 11.3 Å². The Hall–Kier alpha value is -2.77. The molecule has 1 amide bonds. The van der Waals surface area contributed by atoms with Gasteiger partial charge in [-0.3, -0.25) is 14.5 Å². The molecule has 1 aliphatic rings. The van der Waals surface area contributed by atoms with Gasteiger partial charge in [-0.1, -0.05) is 41.7 Å². The first-order valence-electron chi connectivity index (χ1n) is 11.3. The third-order valence-electron chi connectivity index (χ3n) is 6.45. The second-order valence-electron chi connectivity index (χ2n) is 10.3. The second kappa shape index (κ2) is 8.88. The number of carboxylic acids is 1. The largest absolute Gasteiger partial charge is 0.481 e. The molecule has 0 aliphatic heterocycles. The standard InChI is InChI=1S/C26H31N3O3S/c1-28(24(32)26(17-23(30)31)15-19-9-5-6-10-20(19)16-26)25-27-21-14-18(11-12-22(21)33-25)8-7-13-29(2,3)4/h5-6,9-12,14H,7-8,13,15-17H2,1-4H3/p+1. The highest BCUT2D eigenvalue weighted by Crippen LogP contribution is 2.42. The molecule has 2 aromatic carbocycles. The number of carbonyl (C=O) groups is 2. The highest BCUT2D eigenvalue weighted by molar-refractivity contribution is 7.22. The lowest BCUT2D eigenvalue weighted by Gasteiger charge is -2.30. The summed E-state index contributed by atoms with van der Waals surface area (Å²) in [6, 6.07) is 14.2. The molecule has 1 aliphatic carbocycles. The summed E-state index contributed by atoms with van der Waals surface area (Å²) in [6.07, 6.45) is 2.79. The van der Waals surface area contributed by atoms with E-state index in [2.05, 4.69) is 39.3 Å². The van der Waals surface area contributed by atoms with Crippen LogP contribution in [0.4, 0.5) is 5.13 Å². The van der Waals surface area contributed by atoms with Crippen LogP contribution in [0.1, 0.15) is 29.5 Å². The fourth-order valence-electron chi connectivity index (χ4n) is 4.80. The molecule has 1 heterocycles. The van der Waals surface area contributed by atoms with Crippen molar-refractivity contribution in [3.05, 3.63) is 59.2 Å². The van der Waals surface area contributed by atoms with E-state index in [1.165, 1.54) is 16.9 Å². The minimum Gasteiger partial charge on any atom is -0.481 e. The Labute approximate surface area is 199 Å². The van der Waals surface area contributed by atoms with Gasteiger partial charge in [-0.25, -0.2) is 4.98 Å². The molecule has 0 spiro atoms. The normalized spacial score (nSPS) is 14.9. The van der Waals surface area contributed by atoms with E-state index in [1.807, 2.05) is 24.3 Å². The highest BCUT2D eigenvalue weighted by Gasteiger charge is 2.47. The summed E-state index contributed by atoms with van der Waals surface area (Å²) in [5.74, 6) is -1.13. The summed E-state index contributed by atoms with van der Waals surface area (Å²) in [4.78, 5) is 31.7. The molecule has 0 unspecified atom stereocenters. The van der Waals surface area contributed by atoms with E-state index in [9.17, 15) is 14.7 Å². The molecule has 0 radical (unpaired) electrons. The van der Waals surface area contributed by atoms with Crippen LogP contribution in [0.5, 0.6) is 0 Å². The lowest BCUT2D eigenvalue weighted by molar-refractivity contribution is -0.870. The molecule has 3 aromatic rings. The number of carboxylic acid groups (broad SMARTS) is 1. The molecule has 33 heavy (non-hydrogen) atoms. The minimum absolute atomic E-state index is 0.177. The number of carbonyl (C=O) groups excluding carboxylic acids is 1. The van der Waals surface area contributed by atoms with Gasteiger partial charge in [0.15, 0.2) is 5.13 Å². The van der Waals surface area contributed by atoms with Gasteiger partial charge in [-0.2, -0.15) is 0 Å². The van der Waals surface area contributed by atoms with E-state index in [1.54, 1.807) is 11.9 Å². The third-order valence-corrected chi connectivity index (χ3v) is 7.56. The van der Waals surface area contributed by atoms with Crippen LogP contribution in [0.3, 0.4) is 0 Å². The summed E-state index contributed by atoms with van der Waals surface area (Å²) in [5, 5.41) is 10.2. The topological polar surface area (TPSA) is 70.5 Å². The molecule has 1 aromatic heterocycles. The van der Waals surface area contributed by atoms with Crippen molar-refractivity contribution in [3.8, 4) is 0 Å². The average Bonchev–Trinajstić information content (AvgIpc) is 3.32. The molecule has 0 atom stereocenters. The maximum atomic E-state index is 13.7. The first-order valence-corrected chi connectivity index (χ1v) is 12.1. The van der Waals surface area contributed by atoms with Crippen LogP contribution < -0.4 is 4.90 Å². The van der Waals surface area contributed by atoms with E-state index in [4.69, 9.17) is 4.98 Å².